The molecule has 22 heavy (non-hydrogen) atoms. The van der Waals surface area contributed by atoms with E-state index >= 15 is 0 Å². The number of hydrogen-bond acceptors (Lipinski definition) is 3. The zero-order chi connectivity index (χ0) is 16.5. The second-order valence-electron chi connectivity index (χ2n) is 5.50. The third kappa shape index (κ3) is 6.58. The molecular weight excluding hydrogens is 280 g/mol. The summed E-state index contributed by atoms with van der Waals surface area (Å²) in [6, 6.07) is 6.85. The van der Waals surface area contributed by atoms with Gasteiger partial charge in [0.2, 0.25) is 0 Å². The maximum atomic E-state index is 12.0. The molecule has 0 aliphatic heterocycles. The molecule has 0 aliphatic carbocycles. The van der Waals surface area contributed by atoms with Crippen LogP contribution in [0.15, 0.2) is 24.3 Å². The molecule has 0 heterocycles. The summed E-state index contributed by atoms with van der Waals surface area (Å²) in [6.45, 7) is 9.27. The molecule has 0 spiro atoms. The number of carbonyl (C=O) groups excluding carboxylic acids is 2. The van der Waals surface area contributed by atoms with Crippen molar-refractivity contribution >= 4 is 17.6 Å². The van der Waals surface area contributed by atoms with Crippen LogP contribution in [0.2, 0.25) is 0 Å². The molecule has 6 nitrogen and oxygen atoms in total. The van der Waals surface area contributed by atoms with E-state index < -0.39 is 0 Å². The first-order valence-corrected chi connectivity index (χ1v) is 7.61. The van der Waals surface area contributed by atoms with Crippen molar-refractivity contribution < 1.29 is 9.59 Å². The minimum atomic E-state index is -0.258. The van der Waals surface area contributed by atoms with Crippen molar-refractivity contribution in [3.63, 3.8) is 0 Å². The van der Waals surface area contributed by atoms with Crippen LogP contribution in [0.1, 0.15) is 38.1 Å². The van der Waals surface area contributed by atoms with Crippen molar-refractivity contribution in [1.29, 1.82) is 0 Å². The van der Waals surface area contributed by atoms with Crippen LogP contribution in [0, 0.1) is 0 Å². The van der Waals surface area contributed by atoms with Crippen LogP contribution in [-0.4, -0.2) is 37.1 Å². The highest BCUT2D eigenvalue weighted by molar-refractivity contribution is 5.95. The van der Waals surface area contributed by atoms with Gasteiger partial charge in [-0.1, -0.05) is 6.92 Å². The number of anilines is 1. The van der Waals surface area contributed by atoms with Crippen molar-refractivity contribution in [2.24, 2.45) is 0 Å². The average molecular weight is 306 g/mol. The lowest BCUT2D eigenvalue weighted by atomic mass is 10.2. The number of rotatable bonds is 7. The van der Waals surface area contributed by atoms with E-state index in [9.17, 15) is 9.59 Å². The first kappa shape index (κ1) is 18.0. The number of likely N-dealkylation sites (N-methyl/N-ethyl adjacent to an activating group) is 1. The normalized spacial score (nSPS) is 11.9. The Kier molecular flexibility index (Phi) is 7.39. The fourth-order valence-corrected chi connectivity index (χ4v) is 1.90. The van der Waals surface area contributed by atoms with E-state index in [0.717, 1.165) is 6.54 Å². The molecule has 1 atom stereocenters. The zero-order valence-electron chi connectivity index (χ0n) is 13.7. The van der Waals surface area contributed by atoms with Crippen molar-refractivity contribution in [2.45, 2.75) is 39.8 Å². The van der Waals surface area contributed by atoms with Crippen LogP contribution >= 0.6 is 0 Å². The summed E-state index contributed by atoms with van der Waals surface area (Å²) in [6.07, 6.45) is 0. The largest absolute Gasteiger partial charge is 0.350 e. The van der Waals surface area contributed by atoms with Crippen molar-refractivity contribution in [1.82, 2.24) is 16.0 Å². The molecule has 0 radical (unpaired) electrons. The molecule has 4 N–H and O–H groups in total. The molecule has 0 aromatic heterocycles. The van der Waals surface area contributed by atoms with Gasteiger partial charge in [-0.2, -0.15) is 0 Å². The topological polar surface area (TPSA) is 82.3 Å². The van der Waals surface area contributed by atoms with Crippen molar-refractivity contribution in [3.05, 3.63) is 29.8 Å². The third-order valence-electron chi connectivity index (χ3n) is 2.95. The van der Waals surface area contributed by atoms with Crippen molar-refractivity contribution in [3.8, 4) is 0 Å². The van der Waals surface area contributed by atoms with Crippen molar-refractivity contribution in [2.75, 3.05) is 18.4 Å². The Hall–Kier alpha value is -2.08. The van der Waals surface area contributed by atoms with Crippen LogP contribution in [0.5, 0.6) is 0 Å². The molecule has 1 rings (SSSR count). The Bertz CT molecular complexity index is 485. The summed E-state index contributed by atoms with van der Waals surface area (Å²) >= 11 is 0. The highest BCUT2D eigenvalue weighted by atomic mass is 16.2. The summed E-state index contributed by atoms with van der Waals surface area (Å²) in [7, 11) is 0. The van der Waals surface area contributed by atoms with Gasteiger partial charge in [0.15, 0.2) is 0 Å². The lowest BCUT2D eigenvalue weighted by Gasteiger charge is -2.13. The SMILES string of the molecule is CCN[C@H](C)CNC(=O)c1ccc(NC(=O)NC(C)C)cc1. The highest BCUT2D eigenvalue weighted by Crippen LogP contribution is 2.09. The average Bonchev–Trinajstić information content (AvgIpc) is 2.45. The summed E-state index contributed by atoms with van der Waals surface area (Å²) < 4.78 is 0. The maximum absolute atomic E-state index is 12.0. The van der Waals surface area contributed by atoms with Gasteiger partial charge in [-0.3, -0.25) is 4.79 Å². The van der Waals surface area contributed by atoms with Crippen LogP contribution in [0.25, 0.3) is 0 Å². The van der Waals surface area contributed by atoms with E-state index in [4.69, 9.17) is 0 Å². The van der Waals surface area contributed by atoms with E-state index in [1.165, 1.54) is 0 Å². The first-order valence-electron chi connectivity index (χ1n) is 7.61. The number of hydrogen-bond donors (Lipinski definition) is 4. The molecule has 0 saturated heterocycles. The Morgan fingerprint density at radius 1 is 1.09 bits per heavy atom. The fourth-order valence-electron chi connectivity index (χ4n) is 1.90. The lowest BCUT2D eigenvalue weighted by molar-refractivity contribution is 0.0950. The van der Waals surface area contributed by atoms with Gasteiger partial charge in [0.25, 0.3) is 5.91 Å². The zero-order valence-corrected chi connectivity index (χ0v) is 13.7. The van der Waals surface area contributed by atoms with Crippen LogP contribution in [0.3, 0.4) is 0 Å². The minimum absolute atomic E-state index is 0.0729. The molecular formula is C16H26N4O2. The standard InChI is InChI=1S/C16H26N4O2/c1-5-17-12(4)10-18-15(21)13-6-8-14(9-7-13)20-16(22)19-11(2)3/h6-9,11-12,17H,5,10H2,1-4H3,(H,18,21)(H2,19,20,22)/t12-/m1/s1. The number of nitrogens with one attached hydrogen (secondary N) is 4. The Morgan fingerprint density at radius 2 is 1.73 bits per heavy atom. The van der Waals surface area contributed by atoms with Crippen LogP contribution < -0.4 is 21.3 Å². The minimum Gasteiger partial charge on any atom is -0.350 e. The molecule has 0 unspecified atom stereocenters. The molecule has 0 saturated carbocycles. The quantitative estimate of drug-likeness (QED) is 0.621. The number of benzene rings is 1. The summed E-state index contributed by atoms with van der Waals surface area (Å²) in [5, 5.41) is 11.5. The fraction of sp³-hybridized carbons (Fsp3) is 0.500. The number of urea groups is 1. The van der Waals surface area contributed by atoms with Gasteiger partial charge in [-0.15, -0.1) is 0 Å². The lowest BCUT2D eigenvalue weighted by Crippen LogP contribution is -2.38. The maximum Gasteiger partial charge on any atom is 0.319 e. The molecule has 0 bridgehead atoms. The van der Waals surface area contributed by atoms with Gasteiger partial charge in [0, 0.05) is 29.9 Å². The smallest absolute Gasteiger partial charge is 0.319 e. The van der Waals surface area contributed by atoms with E-state index in [1.807, 2.05) is 27.7 Å². The predicted octanol–water partition coefficient (Wildman–Crippen LogP) is 1.94. The molecule has 1 aromatic carbocycles. The number of amides is 3. The van der Waals surface area contributed by atoms with Gasteiger partial charge in [0.1, 0.15) is 0 Å². The summed E-state index contributed by atoms with van der Waals surface area (Å²) in [5.41, 5.74) is 1.22. The van der Waals surface area contributed by atoms with Gasteiger partial charge in [-0.25, -0.2) is 4.79 Å². The molecule has 6 heteroatoms. The molecule has 0 aliphatic rings. The van der Waals surface area contributed by atoms with Crippen LogP contribution in [0.4, 0.5) is 10.5 Å². The van der Waals surface area contributed by atoms with Crippen LogP contribution in [-0.2, 0) is 0 Å². The Labute approximate surface area is 132 Å². The van der Waals surface area contributed by atoms with Gasteiger partial charge >= 0.3 is 6.03 Å². The van der Waals surface area contributed by atoms with Gasteiger partial charge in [0.05, 0.1) is 0 Å². The van der Waals surface area contributed by atoms with Gasteiger partial charge in [-0.05, 0) is 51.6 Å². The molecule has 3 amide bonds. The van der Waals surface area contributed by atoms with Gasteiger partial charge < -0.3 is 21.3 Å². The molecule has 0 fully saturated rings. The Morgan fingerprint density at radius 3 is 2.27 bits per heavy atom. The van der Waals surface area contributed by atoms with E-state index in [2.05, 4.69) is 21.3 Å². The molecule has 1 aromatic rings. The Balaban J connectivity index is 2.50. The monoisotopic (exact) mass is 306 g/mol. The second-order valence-corrected chi connectivity index (χ2v) is 5.50. The van der Waals surface area contributed by atoms with E-state index in [1.54, 1.807) is 24.3 Å². The van der Waals surface area contributed by atoms with E-state index in [-0.39, 0.29) is 24.0 Å². The molecule has 122 valence electrons. The highest BCUT2D eigenvalue weighted by Gasteiger charge is 2.08. The first-order chi connectivity index (χ1) is 10.4. The predicted molar refractivity (Wildman–Crippen MR) is 89.2 cm³/mol. The second kappa shape index (κ2) is 9.04. The summed E-state index contributed by atoms with van der Waals surface area (Å²) in [5.74, 6) is -0.122. The van der Waals surface area contributed by atoms with E-state index in [0.29, 0.717) is 17.8 Å². The number of carbonyl (C=O) groups is 2. The summed E-state index contributed by atoms with van der Waals surface area (Å²) in [4.78, 5) is 23.6. The third-order valence-corrected chi connectivity index (χ3v) is 2.95.